The quantitative estimate of drug-likeness (QED) is 0.768. The lowest BCUT2D eigenvalue weighted by molar-refractivity contribution is 0.0184. The zero-order chi connectivity index (χ0) is 20.9. The number of nitrogens with one attached hydrogen (secondary N) is 1. The Morgan fingerprint density at radius 3 is 2.14 bits per heavy atom. The highest BCUT2D eigenvalue weighted by Crippen LogP contribution is 2.27. The van der Waals surface area contributed by atoms with Crippen LogP contribution < -0.4 is 5.32 Å². The molecule has 1 N–H and O–H groups in total. The lowest BCUT2D eigenvalue weighted by atomic mass is 9.89. The molecule has 2 rings (SSSR count). The van der Waals surface area contributed by atoms with Gasteiger partial charge in [-0.1, -0.05) is 18.2 Å². The van der Waals surface area contributed by atoms with E-state index in [0.717, 1.165) is 30.5 Å². The number of amides is 2. The maximum atomic E-state index is 12.2. The van der Waals surface area contributed by atoms with Gasteiger partial charge in [0.15, 0.2) is 0 Å². The van der Waals surface area contributed by atoms with Crippen molar-refractivity contribution in [2.75, 3.05) is 18.4 Å². The van der Waals surface area contributed by atoms with Gasteiger partial charge in [-0.3, -0.25) is 5.32 Å². The number of rotatable bonds is 3. The average molecular weight is 391 g/mol. The van der Waals surface area contributed by atoms with Gasteiger partial charge in [-0.25, -0.2) is 9.59 Å². The minimum absolute atomic E-state index is 0.238. The van der Waals surface area contributed by atoms with E-state index in [1.54, 1.807) is 4.90 Å². The molecule has 1 aromatic rings. The third kappa shape index (κ3) is 7.41. The Balaban J connectivity index is 1.91. The van der Waals surface area contributed by atoms with Crippen molar-refractivity contribution in [3.63, 3.8) is 0 Å². The van der Waals surface area contributed by atoms with Crippen LogP contribution in [0.2, 0.25) is 0 Å². The number of likely N-dealkylation sites (tertiary alicyclic amines) is 1. The molecule has 0 radical (unpaired) electrons. The van der Waals surface area contributed by atoms with E-state index in [0.29, 0.717) is 19.0 Å². The molecule has 0 spiro atoms. The molecule has 1 aliphatic heterocycles. The van der Waals surface area contributed by atoms with Crippen LogP contribution in [0, 0.1) is 5.92 Å². The standard InChI is InChI=1S/C22H34N2O4/c1-21(2,3)27-19(25)23-18-10-8-7-9-17(18)15-16-11-13-24(14-12-16)20(26)28-22(4,5)6/h7-10,16H,11-15H2,1-6H3,(H,23,25). The first-order chi connectivity index (χ1) is 12.9. The molecule has 1 saturated heterocycles. The van der Waals surface area contributed by atoms with Crippen molar-refractivity contribution in [3.05, 3.63) is 29.8 Å². The predicted octanol–water partition coefficient (Wildman–Crippen LogP) is 5.22. The number of carbonyl (C=O) groups is 2. The summed E-state index contributed by atoms with van der Waals surface area (Å²) in [6, 6.07) is 7.81. The van der Waals surface area contributed by atoms with Gasteiger partial charge in [0.1, 0.15) is 11.2 Å². The molecule has 0 unspecified atom stereocenters. The zero-order valence-corrected chi connectivity index (χ0v) is 18.0. The second-order valence-electron chi connectivity index (χ2n) is 9.40. The largest absolute Gasteiger partial charge is 0.444 e. The van der Waals surface area contributed by atoms with Crippen molar-refractivity contribution < 1.29 is 19.1 Å². The normalized spacial score (nSPS) is 15.9. The highest BCUT2D eigenvalue weighted by molar-refractivity contribution is 5.85. The minimum Gasteiger partial charge on any atom is -0.444 e. The summed E-state index contributed by atoms with van der Waals surface area (Å²) in [5, 5.41) is 2.86. The fourth-order valence-corrected chi connectivity index (χ4v) is 3.19. The summed E-state index contributed by atoms with van der Waals surface area (Å²) in [6.07, 6.45) is 2.01. The Hall–Kier alpha value is -2.24. The van der Waals surface area contributed by atoms with E-state index >= 15 is 0 Å². The monoisotopic (exact) mass is 390 g/mol. The number of nitrogens with zero attached hydrogens (tertiary/aromatic N) is 1. The number of para-hydroxylation sites is 1. The first-order valence-electron chi connectivity index (χ1n) is 9.99. The molecule has 6 heteroatoms. The van der Waals surface area contributed by atoms with Crippen LogP contribution in [0.25, 0.3) is 0 Å². The van der Waals surface area contributed by atoms with Crippen LogP contribution >= 0.6 is 0 Å². The number of piperidine rings is 1. The lowest BCUT2D eigenvalue weighted by Crippen LogP contribution is -2.42. The number of carbonyl (C=O) groups excluding carboxylic acids is 2. The van der Waals surface area contributed by atoms with E-state index in [-0.39, 0.29) is 6.09 Å². The molecule has 2 amide bonds. The topological polar surface area (TPSA) is 67.9 Å². The van der Waals surface area contributed by atoms with Gasteiger partial charge in [0.2, 0.25) is 0 Å². The van der Waals surface area contributed by atoms with E-state index in [9.17, 15) is 9.59 Å². The van der Waals surface area contributed by atoms with Gasteiger partial charge in [0, 0.05) is 18.8 Å². The highest BCUT2D eigenvalue weighted by atomic mass is 16.6. The Morgan fingerprint density at radius 1 is 1.00 bits per heavy atom. The molecule has 1 heterocycles. The van der Waals surface area contributed by atoms with Crippen molar-refractivity contribution in [1.29, 1.82) is 0 Å². The first-order valence-corrected chi connectivity index (χ1v) is 9.99. The van der Waals surface area contributed by atoms with Crippen LogP contribution in [-0.4, -0.2) is 41.4 Å². The summed E-state index contributed by atoms with van der Waals surface area (Å²) in [6.45, 7) is 12.6. The highest BCUT2D eigenvalue weighted by Gasteiger charge is 2.27. The molecular weight excluding hydrogens is 356 g/mol. The van der Waals surface area contributed by atoms with Crippen LogP contribution in [0.5, 0.6) is 0 Å². The van der Waals surface area contributed by atoms with Crippen molar-refractivity contribution in [2.24, 2.45) is 5.92 Å². The summed E-state index contributed by atoms with van der Waals surface area (Å²) in [5.41, 5.74) is 0.865. The maximum Gasteiger partial charge on any atom is 0.412 e. The van der Waals surface area contributed by atoms with E-state index < -0.39 is 17.3 Å². The molecule has 1 aliphatic rings. The zero-order valence-electron chi connectivity index (χ0n) is 18.0. The van der Waals surface area contributed by atoms with E-state index in [1.807, 2.05) is 65.8 Å². The molecule has 0 aliphatic carbocycles. The van der Waals surface area contributed by atoms with Crippen molar-refractivity contribution >= 4 is 17.9 Å². The first kappa shape index (κ1) is 22.1. The van der Waals surface area contributed by atoms with Crippen LogP contribution in [0.3, 0.4) is 0 Å². The van der Waals surface area contributed by atoms with Gasteiger partial charge in [-0.05, 0) is 78.4 Å². The SMILES string of the molecule is CC(C)(C)OC(=O)Nc1ccccc1CC1CCN(C(=O)OC(C)(C)C)CC1. The molecule has 156 valence electrons. The fourth-order valence-electron chi connectivity index (χ4n) is 3.19. The third-order valence-electron chi connectivity index (χ3n) is 4.43. The number of anilines is 1. The smallest absolute Gasteiger partial charge is 0.412 e. The molecule has 1 fully saturated rings. The summed E-state index contributed by atoms with van der Waals surface area (Å²) >= 11 is 0. The maximum absolute atomic E-state index is 12.2. The number of hydrogen-bond acceptors (Lipinski definition) is 4. The van der Waals surface area contributed by atoms with Gasteiger partial charge < -0.3 is 14.4 Å². The van der Waals surface area contributed by atoms with Gasteiger partial charge in [-0.2, -0.15) is 0 Å². The van der Waals surface area contributed by atoms with Crippen molar-refractivity contribution in [1.82, 2.24) is 4.90 Å². The average Bonchev–Trinajstić information content (AvgIpc) is 2.54. The third-order valence-corrected chi connectivity index (χ3v) is 4.43. The van der Waals surface area contributed by atoms with Gasteiger partial charge in [0.25, 0.3) is 0 Å². The molecule has 0 bridgehead atoms. The number of benzene rings is 1. The molecule has 28 heavy (non-hydrogen) atoms. The summed E-state index contributed by atoms with van der Waals surface area (Å²) < 4.78 is 10.8. The fraction of sp³-hybridized carbons (Fsp3) is 0.636. The predicted molar refractivity (Wildman–Crippen MR) is 111 cm³/mol. The Bertz CT molecular complexity index is 681. The molecule has 6 nitrogen and oxygen atoms in total. The lowest BCUT2D eigenvalue weighted by Gasteiger charge is -2.33. The van der Waals surface area contributed by atoms with Crippen LogP contribution in [0.1, 0.15) is 59.9 Å². The number of hydrogen-bond donors (Lipinski definition) is 1. The van der Waals surface area contributed by atoms with Crippen LogP contribution in [0.15, 0.2) is 24.3 Å². The Kier molecular flexibility index (Phi) is 6.96. The molecular formula is C22H34N2O4. The Morgan fingerprint density at radius 2 is 1.57 bits per heavy atom. The minimum atomic E-state index is -0.534. The Labute approximate surface area is 168 Å². The molecule has 0 saturated carbocycles. The van der Waals surface area contributed by atoms with Gasteiger partial charge >= 0.3 is 12.2 Å². The van der Waals surface area contributed by atoms with E-state index in [1.165, 1.54) is 0 Å². The second kappa shape index (κ2) is 8.84. The summed E-state index contributed by atoms with van der Waals surface area (Å²) in [4.78, 5) is 26.1. The summed E-state index contributed by atoms with van der Waals surface area (Å²) in [7, 11) is 0. The van der Waals surface area contributed by atoms with Crippen molar-refractivity contribution in [2.45, 2.75) is 72.0 Å². The molecule has 0 atom stereocenters. The molecule has 1 aromatic carbocycles. The van der Waals surface area contributed by atoms with Gasteiger partial charge in [0.05, 0.1) is 0 Å². The van der Waals surface area contributed by atoms with Crippen LogP contribution in [0.4, 0.5) is 15.3 Å². The van der Waals surface area contributed by atoms with E-state index in [2.05, 4.69) is 5.32 Å². The molecule has 0 aromatic heterocycles. The van der Waals surface area contributed by atoms with Crippen LogP contribution in [-0.2, 0) is 15.9 Å². The number of ether oxygens (including phenoxy) is 2. The van der Waals surface area contributed by atoms with Crippen molar-refractivity contribution in [3.8, 4) is 0 Å². The summed E-state index contributed by atoms with van der Waals surface area (Å²) in [5.74, 6) is 0.459. The van der Waals surface area contributed by atoms with E-state index in [4.69, 9.17) is 9.47 Å². The van der Waals surface area contributed by atoms with Gasteiger partial charge in [-0.15, -0.1) is 0 Å². The second-order valence-corrected chi connectivity index (χ2v) is 9.40.